The number of hydrogen-bond acceptors (Lipinski definition) is 3. The lowest BCUT2D eigenvalue weighted by Crippen LogP contribution is -2.03. The maximum atomic E-state index is 13.8. The van der Waals surface area contributed by atoms with Crippen LogP contribution in [0.1, 0.15) is 40.9 Å². The standard InChI is InChI=1S/C19H14FNO3/c1-11(13-6-7-16(10-21)17(20)9-13)18(12(2)22)14-4-3-5-15(8-14)19(23)24/h3-9H,1-2H3,(H,23,24). The number of Topliss-reactive ketones (excluding diaryl/α,β-unsaturated/α-hetero) is 1. The largest absolute Gasteiger partial charge is 0.478 e. The molecule has 0 bridgehead atoms. The molecule has 1 N–H and O–H groups in total. The van der Waals surface area contributed by atoms with Crippen molar-refractivity contribution in [3.05, 3.63) is 70.5 Å². The zero-order valence-corrected chi connectivity index (χ0v) is 13.1. The number of allylic oxidation sites excluding steroid dienone is 2. The highest BCUT2D eigenvalue weighted by molar-refractivity contribution is 6.26. The van der Waals surface area contributed by atoms with Gasteiger partial charge in [0.15, 0.2) is 5.78 Å². The number of benzene rings is 2. The van der Waals surface area contributed by atoms with Crippen LogP contribution in [0.15, 0.2) is 42.5 Å². The number of rotatable bonds is 4. The van der Waals surface area contributed by atoms with Gasteiger partial charge in [-0.3, -0.25) is 4.79 Å². The van der Waals surface area contributed by atoms with E-state index < -0.39 is 11.8 Å². The van der Waals surface area contributed by atoms with Crippen LogP contribution < -0.4 is 0 Å². The monoisotopic (exact) mass is 323 g/mol. The van der Waals surface area contributed by atoms with Gasteiger partial charge in [0, 0.05) is 5.57 Å². The molecule has 120 valence electrons. The number of carbonyl (C=O) groups is 2. The average molecular weight is 323 g/mol. The fourth-order valence-electron chi connectivity index (χ4n) is 2.47. The summed E-state index contributed by atoms with van der Waals surface area (Å²) in [5.41, 5.74) is 1.70. The number of carboxylic acid groups (broad SMARTS) is 1. The first kappa shape index (κ1) is 17.1. The molecule has 0 radical (unpaired) electrons. The molecule has 0 unspecified atom stereocenters. The minimum absolute atomic E-state index is 0.0602. The van der Waals surface area contributed by atoms with Crippen LogP contribution >= 0.6 is 0 Å². The van der Waals surface area contributed by atoms with E-state index in [-0.39, 0.29) is 16.9 Å². The highest BCUT2D eigenvalue weighted by Gasteiger charge is 2.15. The lowest BCUT2D eigenvalue weighted by Gasteiger charge is -2.11. The lowest BCUT2D eigenvalue weighted by atomic mass is 9.92. The zero-order valence-electron chi connectivity index (χ0n) is 13.1. The van der Waals surface area contributed by atoms with Gasteiger partial charge in [-0.25, -0.2) is 9.18 Å². The first-order chi connectivity index (χ1) is 11.3. The Morgan fingerprint density at radius 3 is 2.25 bits per heavy atom. The zero-order chi connectivity index (χ0) is 17.9. The van der Waals surface area contributed by atoms with Gasteiger partial charge in [-0.2, -0.15) is 5.26 Å². The highest BCUT2D eigenvalue weighted by atomic mass is 19.1. The van der Waals surface area contributed by atoms with E-state index in [2.05, 4.69) is 0 Å². The van der Waals surface area contributed by atoms with Crippen molar-refractivity contribution in [1.82, 2.24) is 0 Å². The molecule has 0 amide bonds. The van der Waals surface area contributed by atoms with Crippen LogP contribution in [0.4, 0.5) is 4.39 Å². The molecule has 0 spiro atoms. The van der Waals surface area contributed by atoms with Gasteiger partial charge < -0.3 is 5.11 Å². The van der Waals surface area contributed by atoms with Crippen LogP contribution in [0.2, 0.25) is 0 Å². The Kier molecular flexibility index (Phi) is 4.90. The second kappa shape index (κ2) is 6.88. The fraction of sp³-hybridized carbons (Fsp3) is 0.105. The maximum Gasteiger partial charge on any atom is 0.335 e. The van der Waals surface area contributed by atoms with Crippen LogP contribution in [0.3, 0.4) is 0 Å². The summed E-state index contributed by atoms with van der Waals surface area (Å²) >= 11 is 0. The molecule has 4 nitrogen and oxygen atoms in total. The van der Waals surface area contributed by atoms with E-state index in [1.807, 2.05) is 0 Å². The van der Waals surface area contributed by atoms with Crippen molar-refractivity contribution in [2.45, 2.75) is 13.8 Å². The van der Waals surface area contributed by atoms with Gasteiger partial charge in [-0.15, -0.1) is 0 Å². The van der Waals surface area contributed by atoms with Crippen molar-refractivity contribution in [3.63, 3.8) is 0 Å². The average Bonchev–Trinajstić information content (AvgIpc) is 2.54. The van der Waals surface area contributed by atoms with Crippen molar-refractivity contribution in [1.29, 1.82) is 5.26 Å². The molecule has 2 aromatic carbocycles. The van der Waals surface area contributed by atoms with Crippen LogP contribution in [-0.4, -0.2) is 16.9 Å². The lowest BCUT2D eigenvalue weighted by molar-refractivity contribution is -0.111. The number of nitrogens with zero attached hydrogens (tertiary/aromatic N) is 1. The Bertz CT molecular complexity index is 907. The summed E-state index contributed by atoms with van der Waals surface area (Å²) < 4.78 is 13.8. The van der Waals surface area contributed by atoms with E-state index >= 15 is 0 Å². The molecule has 0 heterocycles. The van der Waals surface area contributed by atoms with Gasteiger partial charge in [-0.05, 0) is 54.8 Å². The number of carboxylic acids is 1. The molecule has 0 aromatic heterocycles. The summed E-state index contributed by atoms with van der Waals surface area (Å²) in [6, 6.07) is 11.9. The second-order valence-electron chi connectivity index (χ2n) is 5.25. The van der Waals surface area contributed by atoms with Crippen molar-refractivity contribution >= 4 is 22.9 Å². The summed E-state index contributed by atoms with van der Waals surface area (Å²) in [6.45, 7) is 3.03. The topological polar surface area (TPSA) is 78.2 Å². The molecule has 0 atom stereocenters. The van der Waals surface area contributed by atoms with E-state index in [0.29, 0.717) is 22.3 Å². The van der Waals surface area contributed by atoms with Gasteiger partial charge in [-0.1, -0.05) is 18.2 Å². The van der Waals surface area contributed by atoms with Crippen molar-refractivity contribution in [3.8, 4) is 6.07 Å². The molecule has 24 heavy (non-hydrogen) atoms. The van der Waals surface area contributed by atoms with Gasteiger partial charge in [0.25, 0.3) is 0 Å². The molecule has 0 saturated carbocycles. The first-order valence-corrected chi connectivity index (χ1v) is 7.10. The van der Waals surface area contributed by atoms with Gasteiger partial charge in [0.05, 0.1) is 11.1 Å². The molecule has 2 rings (SSSR count). The van der Waals surface area contributed by atoms with Crippen molar-refractivity contribution in [2.75, 3.05) is 0 Å². The van der Waals surface area contributed by atoms with Crippen LogP contribution in [0, 0.1) is 17.1 Å². The van der Waals surface area contributed by atoms with Gasteiger partial charge in [0.1, 0.15) is 11.9 Å². The molecule has 0 aliphatic carbocycles. The Morgan fingerprint density at radius 1 is 1.04 bits per heavy atom. The number of nitriles is 1. The van der Waals surface area contributed by atoms with E-state index in [4.69, 9.17) is 10.4 Å². The third kappa shape index (κ3) is 3.39. The minimum Gasteiger partial charge on any atom is -0.478 e. The van der Waals surface area contributed by atoms with Gasteiger partial charge >= 0.3 is 5.97 Å². The number of carbonyl (C=O) groups excluding carboxylic acids is 1. The number of ketones is 1. The highest BCUT2D eigenvalue weighted by Crippen LogP contribution is 2.28. The molecular formula is C19H14FNO3. The van der Waals surface area contributed by atoms with E-state index in [0.717, 1.165) is 0 Å². The van der Waals surface area contributed by atoms with Crippen LogP contribution in [-0.2, 0) is 4.79 Å². The molecule has 5 heteroatoms. The molecule has 2 aromatic rings. The normalized spacial score (nSPS) is 11.4. The number of hydrogen-bond donors (Lipinski definition) is 1. The summed E-state index contributed by atoms with van der Waals surface area (Å²) in [6.07, 6.45) is 0. The van der Waals surface area contributed by atoms with E-state index in [9.17, 15) is 14.0 Å². The predicted octanol–water partition coefficient (Wildman–Crippen LogP) is 3.92. The predicted molar refractivity (Wildman–Crippen MR) is 87.7 cm³/mol. The van der Waals surface area contributed by atoms with Crippen molar-refractivity contribution in [2.24, 2.45) is 0 Å². The third-order valence-electron chi connectivity index (χ3n) is 3.65. The molecule has 0 aliphatic heterocycles. The smallest absolute Gasteiger partial charge is 0.335 e. The molecular weight excluding hydrogens is 309 g/mol. The summed E-state index contributed by atoms with van der Waals surface area (Å²) in [4.78, 5) is 23.2. The molecule has 0 fully saturated rings. The number of aromatic carboxylic acids is 1. The SMILES string of the molecule is CC(=O)C(=C(C)c1ccc(C#N)c(F)c1)c1cccc(C(=O)O)c1. The number of halogens is 1. The Labute approximate surface area is 138 Å². The fourth-order valence-corrected chi connectivity index (χ4v) is 2.47. The Hall–Kier alpha value is -3.26. The van der Waals surface area contributed by atoms with Crippen LogP contribution in [0.25, 0.3) is 11.1 Å². The molecule has 0 saturated heterocycles. The maximum absolute atomic E-state index is 13.8. The minimum atomic E-state index is -1.10. The van der Waals surface area contributed by atoms with Gasteiger partial charge in [0.2, 0.25) is 0 Å². The second-order valence-corrected chi connectivity index (χ2v) is 5.25. The third-order valence-corrected chi connectivity index (χ3v) is 3.65. The van der Waals surface area contributed by atoms with E-state index in [1.54, 1.807) is 31.2 Å². The quantitative estimate of drug-likeness (QED) is 0.683. The summed E-state index contributed by atoms with van der Waals surface area (Å²) in [5.74, 6) is -2.03. The summed E-state index contributed by atoms with van der Waals surface area (Å²) in [5, 5.41) is 17.9. The van der Waals surface area contributed by atoms with E-state index in [1.165, 1.54) is 31.2 Å². The van der Waals surface area contributed by atoms with Crippen LogP contribution in [0.5, 0.6) is 0 Å². The van der Waals surface area contributed by atoms with Crippen molar-refractivity contribution < 1.29 is 19.1 Å². The Morgan fingerprint density at radius 2 is 1.71 bits per heavy atom. The summed E-state index contributed by atoms with van der Waals surface area (Å²) in [7, 11) is 0. The first-order valence-electron chi connectivity index (χ1n) is 7.10. The molecule has 0 aliphatic rings. The Balaban J connectivity index is 2.65.